The molecule has 0 aliphatic heterocycles. The van der Waals surface area contributed by atoms with Gasteiger partial charge in [-0.25, -0.2) is 4.39 Å². The van der Waals surface area contributed by atoms with Crippen LogP contribution >= 0.6 is 0 Å². The second-order valence-electron chi connectivity index (χ2n) is 5.74. The lowest BCUT2D eigenvalue weighted by atomic mass is 9.78. The lowest BCUT2D eigenvalue weighted by molar-refractivity contribution is 0.221. The van der Waals surface area contributed by atoms with Crippen molar-refractivity contribution in [1.29, 1.82) is 0 Å². The van der Waals surface area contributed by atoms with Gasteiger partial charge in [0.25, 0.3) is 0 Å². The molecule has 1 aromatic carbocycles. The minimum atomic E-state index is -1.27. The van der Waals surface area contributed by atoms with Crippen LogP contribution in [0.1, 0.15) is 50.7 Å². The van der Waals surface area contributed by atoms with Crippen LogP contribution in [0, 0.1) is 0 Å². The van der Waals surface area contributed by atoms with Crippen LogP contribution in [0.2, 0.25) is 0 Å². The van der Waals surface area contributed by atoms with Gasteiger partial charge in [-0.3, -0.25) is 0 Å². The van der Waals surface area contributed by atoms with Crippen LogP contribution < -0.4 is 5.73 Å². The zero-order valence-corrected chi connectivity index (χ0v) is 10.8. The van der Waals surface area contributed by atoms with E-state index in [1.807, 2.05) is 18.2 Å². The summed E-state index contributed by atoms with van der Waals surface area (Å²) in [4.78, 5) is 0. The number of halogens is 1. The van der Waals surface area contributed by atoms with Gasteiger partial charge in [-0.15, -0.1) is 0 Å². The van der Waals surface area contributed by atoms with Crippen molar-refractivity contribution in [3.05, 3.63) is 35.4 Å². The molecule has 0 unspecified atom stereocenters. The summed E-state index contributed by atoms with van der Waals surface area (Å²) in [5.41, 5.74) is 6.77. The van der Waals surface area contributed by atoms with Crippen LogP contribution in [0.15, 0.2) is 24.3 Å². The summed E-state index contributed by atoms with van der Waals surface area (Å²) < 4.78 is 14.0. The molecular weight excluding hydrogens is 213 g/mol. The van der Waals surface area contributed by atoms with E-state index in [1.54, 1.807) is 13.8 Å². The fourth-order valence-corrected chi connectivity index (χ4v) is 2.88. The molecular formula is C15H22FN. The second kappa shape index (κ2) is 4.41. The standard InChI is InChI=1S/C15H22FN/c1-14(2,16)12-6-5-7-13(10-12)15(11-17)8-3-4-9-15/h5-7,10H,3-4,8-9,11,17H2,1-2H3. The molecule has 0 amide bonds. The molecule has 1 aliphatic carbocycles. The van der Waals surface area contributed by atoms with E-state index in [0.717, 1.165) is 18.4 Å². The third-order valence-electron chi connectivity index (χ3n) is 4.11. The lowest BCUT2D eigenvalue weighted by Gasteiger charge is -2.29. The van der Waals surface area contributed by atoms with E-state index in [-0.39, 0.29) is 5.41 Å². The Balaban J connectivity index is 2.39. The summed E-state index contributed by atoms with van der Waals surface area (Å²) in [7, 11) is 0. The van der Waals surface area contributed by atoms with E-state index in [1.165, 1.54) is 18.4 Å². The summed E-state index contributed by atoms with van der Waals surface area (Å²) >= 11 is 0. The molecule has 1 aromatic rings. The van der Waals surface area contributed by atoms with E-state index >= 15 is 0 Å². The van der Waals surface area contributed by atoms with Crippen molar-refractivity contribution in [2.75, 3.05) is 6.54 Å². The first-order valence-corrected chi connectivity index (χ1v) is 6.48. The van der Waals surface area contributed by atoms with E-state index in [0.29, 0.717) is 6.54 Å². The Kier molecular flexibility index (Phi) is 3.26. The van der Waals surface area contributed by atoms with Crippen molar-refractivity contribution in [3.63, 3.8) is 0 Å². The number of rotatable bonds is 3. The molecule has 1 fully saturated rings. The highest BCUT2D eigenvalue weighted by atomic mass is 19.1. The lowest BCUT2D eigenvalue weighted by Crippen LogP contribution is -2.32. The van der Waals surface area contributed by atoms with E-state index < -0.39 is 5.67 Å². The smallest absolute Gasteiger partial charge is 0.130 e. The molecule has 1 aliphatic rings. The molecule has 0 spiro atoms. The van der Waals surface area contributed by atoms with Crippen molar-refractivity contribution in [1.82, 2.24) is 0 Å². The topological polar surface area (TPSA) is 26.0 Å². The Morgan fingerprint density at radius 2 is 1.94 bits per heavy atom. The Labute approximate surface area is 103 Å². The maximum atomic E-state index is 14.0. The summed E-state index contributed by atoms with van der Waals surface area (Å²) in [6, 6.07) is 7.94. The van der Waals surface area contributed by atoms with Crippen LogP contribution in [-0.4, -0.2) is 6.54 Å². The van der Waals surface area contributed by atoms with E-state index in [9.17, 15) is 4.39 Å². The molecule has 2 heteroatoms. The van der Waals surface area contributed by atoms with Crippen molar-refractivity contribution < 1.29 is 4.39 Å². The Morgan fingerprint density at radius 1 is 1.29 bits per heavy atom. The van der Waals surface area contributed by atoms with Gasteiger partial charge in [0.1, 0.15) is 5.67 Å². The average molecular weight is 235 g/mol. The summed E-state index contributed by atoms with van der Waals surface area (Å²) in [5.74, 6) is 0. The third kappa shape index (κ3) is 2.37. The maximum absolute atomic E-state index is 14.0. The van der Waals surface area contributed by atoms with Crippen molar-refractivity contribution in [2.24, 2.45) is 5.73 Å². The molecule has 0 heterocycles. The van der Waals surface area contributed by atoms with Gasteiger partial charge in [-0.2, -0.15) is 0 Å². The fourth-order valence-electron chi connectivity index (χ4n) is 2.88. The van der Waals surface area contributed by atoms with Crippen LogP contribution in [0.3, 0.4) is 0 Å². The first kappa shape index (κ1) is 12.6. The zero-order valence-electron chi connectivity index (χ0n) is 10.8. The normalized spacial score (nSPS) is 19.5. The summed E-state index contributed by atoms with van der Waals surface area (Å²) in [6.45, 7) is 3.88. The number of alkyl halides is 1. The van der Waals surface area contributed by atoms with Crippen LogP contribution in [-0.2, 0) is 11.1 Å². The van der Waals surface area contributed by atoms with Gasteiger partial charge in [-0.1, -0.05) is 37.1 Å². The zero-order chi connectivity index (χ0) is 12.5. The van der Waals surface area contributed by atoms with Gasteiger partial charge < -0.3 is 5.73 Å². The Morgan fingerprint density at radius 3 is 2.47 bits per heavy atom. The van der Waals surface area contributed by atoms with Crippen LogP contribution in [0.5, 0.6) is 0 Å². The molecule has 1 nitrogen and oxygen atoms in total. The van der Waals surface area contributed by atoms with Gasteiger partial charge in [0, 0.05) is 12.0 Å². The minimum Gasteiger partial charge on any atom is -0.330 e. The Bertz CT molecular complexity index is 386. The summed E-state index contributed by atoms with van der Waals surface area (Å²) in [6.07, 6.45) is 4.75. The number of nitrogens with two attached hydrogens (primary N) is 1. The van der Waals surface area contributed by atoms with Gasteiger partial charge in [0.05, 0.1) is 0 Å². The molecule has 94 valence electrons. The number of hydrogen-bond acceptors (Lipinski definition) is 1. The summed E-state index contributed by atoms with van der Waals surface area (Å²) in [5, 5.41) is 0. The monoisotopic (exact) mass is 235 g/mol. The highest BCUT2D eigenvalue weighted by molar-refractivity contribution is 5.34. The largest absolute Gasteiger partial charge is 0.330 e. The van der Waals surface area contributed by atoms with E-state index in [2.05, 4.69) is 6.07 Å². The highest BCUT2D eigenvalue weighted by Crippen LogP contribution is 2.41. The number of benzene rings is 1. The van der Waals surface area contributed by atoms with Crippen molar-refractivity contribution in [2.45, 2.75) is 50.6 Å². The molecule has 2 N–H and O–H groups in total. The molecule has 2 rings (SSSR count). The number of hydrogen-bond donors (Lipinski definition) is 1. The van der Waals surface area contributed by atoms with Gasteiger partial charge in [0.15, 0.2) is 0 Å². The van der Waals surface area contributed by atoms with Crippen LogP contribution in [0.4, 0.5) is 4.39 Å². The van der Waals surface area contributed by atoms with Crippen molar-refractivity contribution >= 4 is 0 Å². The highest BCUT2D eigenvalue weighted by Gasteiger charge is 2.34. The fraction of sp³-hybridized carbons (Fsp3) is 0.600. The maximum Gasteiger partial charge on any atom is 0.130 e. The predicted molar refractivity (Wildman–Crippen MR) is 69.8 cm³/mol. The second-order valence-corrected chi connectivity index (χ2v) is 5.74. The third-order valence-corrected chi connectivity index (χ3v) is 4.11. The van der Waals surface area contributed by atoms with Gasteiger partial charge in [0.2, 0.25) is 0 Å². The molecule has 17 heavy (non-hydrogen) atoms. The predicted octanol–water partition coefficient (Wildman–Crippen LogP) is 3.66. The molecule has 0 bridgehead atoms. The van der Waals surface area contributed by atoms with E-state index in [4.69, 9.17) is 5.73 Å². The minimum absolute atomic E-state index is 0.0985. The van der Waals surface area contributed by atoms with Gasteiger partial charge >= 0.3 is 0 Å². The first-order valence-electron chi connectivity index (χ1n) is 6.48. The molecule has 1 saturated carbocycles. The molecule has 0 aromatic heterocycles. The molecule has 0 saturated heterocycles. The van der Waals surface area contributed by atoms with Crippen LogP contribution in [0.25, 0.3) is 0 Å². The molecule has 0 atom stereocenters. The molecule has 0 radical (unpaired) electrons. The quantitative estimate of drug-likeness (QED) is 0.850. The SMILES string of the molecule is CC(C)(F)c1cccc(C2(CN)CCCC2)c1. The average Bonchev–Trinajstić information content (AvgIpc) is 2.78. The Hall–Kier alpha value is -0.890. The van der Waals surface area contributed by atoms with Gasteiger partial charge in [-0.05, 0) is 37.8 Å². The first-order chi connectivity index (χ1) is 7.98. The van der Waals surface area contributed by atoms with Crippen molar-refractivity contribution in [3.8, 4) is 0 Å².